The molecule has 0 spiro atoms. The molecule has 2 heterocycles. The van der Waals surface area contributed by atoms with E-state index in [0.29, 0.717) is 6.42 Å². The number of carbonyl (C=O) groups is 1. The Morgan fingerprint density at radius 1 is 1.35 bits per heavy atom. The molecular weight excluding hydrogens is 252 g/mol. The second kappa shape index (κ2) is 8.02. The minimum Gasteiger partial charge on any atom is -0.332 e. The topological polar surface area (TPSA) is 61.9 Å². The number of aromatic nitrogens is 3. The first-order chi connectivity index (χ1) is 9.83. The maximum absolute atomic E-state index is 12.4. The van der Waals surface area contributed by atoms with Gasteiger partial charge in [0.1, 0.15) is 12.2 Å². The Morgan fingerprint density at radius 3 is 2.95 bits per heavy atom. The second-order valence-electron chi connectivity index (χ2n) is 5.63. The minimum atomic E-state index is 0.106. The van der Waals surface area contributed by atoms with Gasteiger partial charge >= 0.3 is 0 Å². The van der Waals surface area contributed by atoms with Gasteiger partial charge in [-0.15, -0.1) is 0 Å². The van der Waals surface area contributed by atoms with E-state index >= 15 is 0 Å². The first-order valence-corrected chi connectivity index (χ1v) is 7.97. The van der Waals surface area contributed by atoms with Crippen LogP contribution in [0.4, 0.5) is 0 Å². The molecule has 1 aromatic heterocycles. The maximum atomic E-state index is 12.4. The van der Waals surface area contributed by atoms with E-state index in [1.807, 2.05) is 4.90 Å². The van der Waals surface area contributed by atoms with Gasteiger partial charge in [-0.25, -0.2) is 4.98 Å². The number of hydrogen-bond acceptors (Lipinski definition) is 3. The Morgan fingerprint density at radius 2 is 2.20 bits per heavy atom. The fourth-order valence-corrected chi connectivity index (χ4v) is 2.91. The molecule has 1 amide bonds. The summed E-state index contributed by atoms with van der Waals surface area (Å²) >= 11 is 0. The largest absolute Gasteiger partial charge is 0.332 e. The van der Waals surface area contributed by atoms with Crippen molar-refractivity contribution in [1.29, 1.82) is 0 Å². The van der Waals surface area contributed by atoms with Gasteiger partial charge in [0.25, 0.3) is 0 Å². The van der Waals surface area contributed by atoms with Crippen molar-refractivity contribution >= 4 is 5.91 Å². The number of nitrogens with zero attached hydrogens (tertiary/aromatic N) is 3. The molecule has 1 N–H and O–H groups in total. The summed E-state index contributed by atoms with van der Waals surface area (Å²) in [5.74, 6) is 1.12. The van der Waals surface area contributed by atoms with Crippen molar-refractivity contribution in [3.05, 3.63) is 12.2 Å². The van der Waals surface area contributed by atoms with E-state index in [2.05, 4.69) is 22.1 Å². The van der Waals surface area contributed by atoms with Crippen molar-refractivity contribution in [2.24, 2.45) is 0 Å². The third kappa shape index (κ3) is 4.05. The van der Waals surface area contributed by atoms with Crippen molar-refractivity contribution < 1.29 is 4.79 Å². The van der Waals surface area contributed by atoms with Crippen molar-refractivity contribution in [2.75, 3.05) is 6.54 Å². The Balaban J connectivity index is 1.83. The first kappa shape index (κ1) is 15.0. The summed E-state index contributed by atoms with van der Waals surface area (Å²) in [4.78, 5) is 18.6. The molecule has 1 saturated heterocycles. The van der Waals surface area contributed by atoms with Gasteiger partial charge in [-0.05, 0) is 25.7 Å². The van der Waals surface area contributed by atoms with Gasteiger partial charge in [0, 0.05) is 13.0 Å². The Bertz CT molecular complexity index is 391. The molecule has 1 aliphatic heterocycles. The van der Waals surface area contributed by atoms with Crippen LogP contribution in [0.25, 0.3) is 0 Å². The Kier molecular flexibility index (Phi) is 6.02. The lowest BCUT2D eigenvalue weighted by Crippen LogP contribution is -2.38. The van der Waals surface area contributed by atoms with Crippen LogP contribution in [-0.2, 0) is 4.79 Å². The smallest absolute Gasteiger partial charge is 0.223 e. The minimum absolute atomic E-state index is 0.106. The van der Waals surface area contributed by atoms with Crippen LogP contribution in [-0.4, -0.2) is 32.5 Å². The van der Waals surface area contributed by atoms with Gasteiger partial charge in [-0.3, -0.25) is 9.89 Å². The van der Waals surface area contributed by atoms with Crippen LogP contribution < -0.4 is 0 Å². The van der Waals surface area contributed by atoms with E-state index < -0.39 is 0 Å². The molecule has 1 aromatic rings. The van der Waals surface area contributed by atoms with Gasteiger partial charge in [-0.1, -0.05) is 32.6 Å². The third-order valence-electron chi connectivity index (χ3n) is 4.07. The highest BCUT2D eigenvalue weighted by Gasteiger charge is 2.29. The van der Waals surface area contributed by atoms with E-state index in [1.165, 1.54) is 32.0 Å². The maximum Gasteiger partial charge on any atom is 0.223 e. The van der Waals surface area contributed by atoms with Gasteiger partial charge in [-0.2, -0.15) is 5.10 Å². The van der Waals surface area contributed by atoms with Crippen molar-refractivity contribution in [1.82, 2.24) is 20.1 Å². The van der Waals surface area contributed by atoms with E-state index in [9.17, 15) is 4.79 Å². The highest BCUT2D eigenvalue weighted by molar-refractivity contribution is 5.76. The molecule has 5 nitrogen and oxygen atoms in total. The highest BCUT2D eigenvalue weighted by atomic mass is 16.2. The number of hydrogen-bond donors (Lipinski definition) is 1. The van der Waals surface area contributed by atoms with Gasteiger partial charge in [0.05, 0.1) is 6.04 Å². The van der Waals surface area contributed by atoms with Crippen LogP contribution in [0.1, 0.15) is 76.6 Å². The van der Waals surface area contributed by atoms with Crippen molar-refractivity contribution in [2.45, 2.75) is 70.8 Å². The third-order valence-corrected chi connectivity index (χ3v) is 4.07. The lowest BCUT2D eigenvalue weighted by molar-refractivity contribution is -0.135. The zero-order chi connectivity index (χ0) is 14.2. The number of H-pyrrole nitrogens is 1. The number of aromatic amines is 1. The normalized spacial score (nSPS) is 19.2. The zero-order valence-corrected chi connectivity index (χ0v) is 12.5. The lowest BCUT2D eigenvalue weighted by Gasteiger charge is -2.34. The molecule has 112 valence electrons. The molecule has 2 rings (SSSR count). The SMILES string of the molecule is CCCCCCCC(=O)N1CCCCC1c1ncn[nH]1. The van der Waals surface area contributed by atoms with E-state index in [-0.39, 0.29) is 11.9 Å². The fraction of sp³-hybridized carbons (Fsp3) is 0.800. The molecule has 1 aliphatic rings. The number of nitrogens with one attached hydrogen (secondary N) is 1. The predicted octanol–water partition coefficient (Wildman–Crippen LogP) is 3.22. The number of unbranched alkanes of at least 4 members (excludes halogenated alkanes) is 4. The molecular formula is C15H26N4O. The summed E-state index contributed by atoms with van der Waals surface area (Å²) in [5.41, 5.74) is 0. The summed E-state index contributed by atoms with van der Waals surface area (Å²) in [6, 6.07) is 0.106. The monoisotopic (exact) mass is 278 g/mol. The van der Waals surface area contributed by atoms with Crippen LogP contribution in [0, 0.1) is 0 Å². The molecule has 5 heteroatoms. The van der Waals surface area contributed by atoms with Crippen LogP contribution in [0.3, 0.4) is 0 Å². The summed E-state index contributed by atoms with van der Waals surface area (Å²) in [5, 5.41) is 6.83. The van der Waals surface area contributed by atoms with E-state index in [4.69, 9.17) is 0 Å². The standard InChI is InChI=1S/C15H26N4O/c1-2-3-4-5-6-10-14(20)19-11-8-7-9-13(19)15-16-12-17-18-15/h12-13H,2-11H2,1H3,(H,16,17,18). The van der Waals surface area contributed by atoms with Gasteiger partial charge in [0.15, 0.2) is 0 Å². The van der Waals surface area contributed by atoms with Gasteiger partial charge in [0.2, 0.25) is 5.91 Å². The molecule has 1 atom stereocenters. The van der Waals surface area contributed by atoms with Gasteiger partial charge < -0.3 is 4.90 Å². The Labute approximate surface area is 121 Å². The number of carbonyl (C=O) groups excluding carboxylic acids is 1. The molecule has 1 unspecified atom stereocenters. The van der Waals surface area contributed by atoms with Crippen LogP contribution in [0.5, 0.6) is 0 Å². The number of rotatable bonds is 7. The predicted molar refractivity (Wildman–Crippen MR) is 78.1 cm³/mol. The first-order valence-electron chi connectivity index (χ1n) is 7.97. The molecule has 0 aliphatic carbocycles. The number of amides is 1. The van der Waals surface area contributed by atoms with E-state index in [1.54, 1.807) is 0 Å². The second-order valence-corrected chi connectivity index (χ2v) is 5.63. The summed E-state index contributed by atoms with van der Waals surface area (Å²) < 4.78 is 0. The zero-order valence-electron chi connectivity index (χ0n) is 12.5. The van der Waals surface area contributed by atoms with Crippen LogP contribution >= 0.6 is 0 Å². The summed E-state index contributed by atoms with van der Waals surface area (Å²) in [6.07, 6.45) is 11.4. The highest BCUT2D eigenvalue weighted by Crippen LogP contribution is 2.29. The molecule has 0 aromatic carbocycles. The van der Waals surface area contributed by atoms with Crippen LogP contribution in [0.15, 0.2) is 6.33 Å². The molecule has 0 bridgehead atoms. The molecule has 0 radical (unpaired) electrons. The molecule has 1 fully saturated rings. The Hall–Kier alpha value is -1.39. The van der Waals surface area contributed by atoms with Crippen LogP contribution in [0.2, 0.25) is 0 Å². The molecule has 0 saturated carbocycles. The lowest BCUT2D eigenvalue weighted by atomic mass is 10.0. The quantitative estimate of drug-likeness (QED) is 0.779. The number of likely N-dealkylation sites (tertiary alicyclic amines) is 1. The van der Waals surface area contributed by atoms with Crippen molar-refractivity contribution in [3.63, 3.8) is 0 Å². The summed E-state index contributed by atoms with van der Waals surface area (Å²) in [6.45, 7) is 3.07. The summed E-state index contributed by atoms with van der Waals surface area (Å²) in [7, 11) is 0. The number of piperidine rings is 1. The molecule has 20 heavy (non-hydrogen) atoms. The average molecular weight is 278 g/mol. The average Bonchev–Trinajstić information content (AvgIpc) is 3.01. The fourth-order valence-electron chi connectivity index (χ4n) is 2.91. The van der Waals surface area contributed by atoms with E-state index in [0.717, 1.165) is 38.1 Å². The van der Waals surface area contributed by atoms with Crippen molar-refractivity contribution in [3.8, 4) is 0 Å².